The van der Waals surface area contributed by atoms with Crippen molar-refractivity contribution in [3.05, 3.63) is 59.5 Å². The largest absolute Gasteiger partial charge is 0.481 e. The molecule has 3 rings (SSSR count). The van der Waals surface area contributed by atoms with Crippen molar-refractivity contribution in [1.29, 1.82) is 0 Å². The highest BCUT2D eigenvalue weighted by molar-refractivity contribution is 5.75. The van der Waals surface area contributed by atoms with Crippen molar-refractivity contribution in [2.75, 3.05) is 0 Å². The average molecular weight is 356 g/mol. The van der Waals surface area contributed by atoms with Crippen LogP contribution in [0.15, 0.2) is 47.1 Å². The maximum atomic E-state index is 12.5. The summed E-state index contributed by atoms with van der Waals surface area (Å²) in [5, 5.41) is 14.9. The number of benzene rings is 1. The van der Waals surface area contributed by atoms with Gasteiger partial charge >= 0.3 is 12.0 Å². The summed E-state index contributed by atoms with van der Waals surface area (Å²) in [5.41, 5.74) is 2.11. The van der Waals surface area contributed by atoms with Crippen molar-refractivity contribution in [2.24, 2.45) is 0 Å². The Kier molecular flexibility index (Phi) is 5.94. The number of carboxylic acid groups (broad SMARTS) is 1. The molecule has 2 unspecified atom stereocenters. The fourth-order valence-corrected chi connectivity index (χ4v) is 3.44. The number of amides is 2. The molecule has 2 atom stereocenters. The van der Waals surface area contributed by atoms with Gasteiger partial charge in [-0.2, -0.15) is 0 Å². The standard InChI is InChI=1S/C20H24N2O4/c23-19(24)10-9-15(13-14-5-2-1-3-6-14)21-20(25)22-17-7-4-8-18-16(17)11-12-26-18/h1-3,5-6,11-12,15,17H,4,7-10,13H2,(H,23,24)(H2,21,22,25). The maximum absolute atomic E-state index is 12.5. The lowest BCUT2D eigenvalue weighted by Crippen LogP contribution is -2.45. The van der Waals surface area contributed by atoms with Crippen molar-refractivity contribution >= 4 is 12.0 Å². The van der Waals surface area contributed by atoms with E-state index in [0.29, 0.717) is 12.8 Å². The van der Waals surface area contributed by atoms with Gasteiger partial charge in [0.2, 0.25) is 0 Å². The minimum atomic E-state index is -0.861. The van der Waals surface area contributed by atoms with E-state index >= 15 is 0 Å². The van der Waals surface area contributed by atoms with Crippen LogP contribution in [0, 0.1) is 0 Å². The fourth-order valence-electron chi connectivity index (χ4n) is 3.44. The molecule has 1 heterocycles. The lowest BCUT2D eigenvalue weighted by Gasteiger charge is -2.25. The number of aryl methyl sites for hydroxylation is 1. The number of carboxylic acids is 1. The summed E-state index contributed by atoms with van der Waals surface area (Å²) < 4.78 is 5.46. The fraction of sp³-hybridized carbons (Fsp3) is 0.400. The molecule has 3 N–H and O–H groups in total. The Balaban J connectivity index is 1.60. The van der Waals surface area contributed by atoms with Crippen LogP contribution in [0.4, 0.5) is 4.79 Å². The first-order chi connectivity index (χ1) is 12.6. The number of urea groups is 1. The van der Waals surface area contributed by atoms with Crippen LogP contribution in [-0.4, -0.2) is 23.1 Å². The number of fused-ring (bicyclic) bond motifs is 1. The second kappa shape index (κ2) is 8.56. The first-order valence-electron chi connectivity index (χ1n) is 9.01. The highest BCUT2D eigenvalue weighted by Crippen LogP contribution is 2.30. The minimum Gasteiger partial charge on any atom is -0.481 e. The van der Waals surface area contributed by atoms with Gasteiger partial charge in [-0.1, -0.05) is 30.3 Å². The molecule has 1 aromatic carbocycles. The van der Waals surface area contributed by atoms with E-state index < -0.39 is 5.97 Å². The second-order valence-electron chi connectivity index (χ2n) is 6.68. The van der Waals surface area contributed by atoms with Gasteiger partial charge in [0.25, 0.3) is 0 Å². The molecule has 0 fully saturated rings. The van der Waals surface area contributed by atoms with Gasteiger partial charge in [0.1, 0.15) is 5.76 Å². The number of hydrogen-bond donors (Lipinski definition) is 3. The molecule has 6 nitrogen and oxygen atoms in total. The first kappa shape index (κ1) is 18.0. The third-order valence-electron chi connectivity index (χ3n) is 4.72. The smallest absolute Gasteiger partial charge is 0.315 e. The predicted molar refractivity (Wildman–Crippen MR) is 96.9 cm³/mol. The monoisotopic (exact) mass is 356 g/mol. The van der Waals surface area contributed by atoms with Crippen molar-refractivity contribution in [3.63, 3.8) is 0 Å². The summed E-state index contributed by atoms with van der Waals surface area (Å²) in [7, 11) is 0. The van der Waals surface area contributed by atoms with E-state index in [1.807, 2.05) is 36.4 Å². The molecule has 0 aliphatic heterocycles. The zero-order valence-electron chi connectivity index (χ0n) is 14.6. The van der Waals surface area contributed by atoms with Gasteiger partial charge < -0.3 is 20.2 Å². The van der Waals surface area contributed by atoms with E-state index in [9.17, 15) is 9.59 Å². The normalized spacial score (nSPS) is 17.2. The lowest BCUT2D eigenvalue weighted by molar-refractivity contribution is -0.137. The Hall–Kier alpha value is -2.76. The topological polar surface area (TPSA) is 91.6 Å². The predicted octanol–water partition coefficient (Wildman–Crippen LogP) is 3.43. The highest BCUT2D eigenvalue weighted by atomic mass is 16.4. The van der Waals surface area contributed by atoms with Crippen molar-refractivity contribution in [3.8, 4) is 0 Å². The molecule has 138 valence electrons. The van der Waals surface area contributed by atoms with Crippen molar-refractivity contribution < 1.29 is 19.1 Å². The van der Waals surface area contributed by atoms with Crippen molar-refractivity contribution in [1.82, 2.24) is 10.6 Å². The van der Waals surface area contributed by atoms with Gasteiger partial charge in [-0.3, -0.25) is 4.79 Å². The number of rotatable bonds is 7. The van der Waals surface area contributed by atoms with E-state index in [0.717, 1.165) is 36.1 Å². The Morgan fingerprint density at radius 2 is 2.04 bits per heavy atom. The molecule has 0 saturated heterocycles. The summed E-state index contributed by atoms with van der Waals surface area (Å²) in [5.74, 6) is 0.0776. The SMILES string of the molecule is O=C(O)CCC(Cc1ccccc1)NC(=O)NC1CCCc2occc21. The number of nitrogens with one attached hydrogen (secondary N) is 2. The number of carbonyl (C=O) groups excluding carboxylic acids is 1. The molecular formula is C20H24N2O4. The van der Waals surface area contributed by atoms with Crippen LogP contribution >= 0.6 is 0 Å². The molecule has 2 amide bonds. The summed E-state index contributed by atoms with van der Waals surface area (Å²) in [4.78, 5) is 23.4. The zero-order valence-corrected chi connectivity index (χ0v) is 14.6. The average Bonchev–Trinajstić information content (AvgIpc) is 3.10. The quantitative estimate of drug-likeness (QED) is 0.709. The molecular weight excluding hydrogens is 332 g/mol. The van der Waals surface area contributed by atoms with Crippen LogP contribution in [0.5, 0.6) is 0 Å². The Morgan fingerprint density at radius 3 is 2.81 bits per heavy atom. The van der Waals surface area contributed by atoms with Crippen LogP contribution in [0.3, 0.4) is 0 Å². The molecule has 6 heteroatoms. The Labute approximate surface area is 152 Å². The highest BCUT2D eigenvalue weighted by Gasteiger charge is 2.25. The molecule has 26 heavy (non-hydrogen) atoms. The van der Waals surface area contributed by atoms with E-state index in [-0.39, 0.29) is 24.5 Å². The molecule has 1 aliphatic carbocycles. The van der Waals surface area contributed by atoms with Crippen LogP contribution in [0.25, 0.3) is 0 Å². The number of hydrogen-bond acceptors (Lipinski definition) is 3. The molecule has 1 aliphatic rings. The summed E-state index contributed by atoms with van der Waals surface area (Å²) in [6.07, 6.45) is 5.41. The molecule has 2 aromatic rings. The van der Waals surface area contributed by atoms with E-state index in [1.54, 1.807) is 6.26 Å². The van der Waals surface area contributed by atoms with Crippen molar-refractivity contribution in [2.45, 2.75) is 50.6 Å². The van der Waals surface area contributed by atoms with Gasteiger partial charge in [-0.05, 0) is 37.3 Å². The van der Waals surface area contributed by atoms with Gasteiger partial charge in [-0.25, -0.2) is 4.79 Å². The van der Waals surface area contributed by atoms with Gasteiger partial charge in [0, 0.05) is 24.4 Å². The van der Waals surface area contributed by atoms with Gasteiger partial charge in [-0.15, -0.1) is 0 Å². The summed E-state index contributed by atoms with van der Waals surface area (Å²) in [6.45, 7) is 0. The van der Waals surface area contributed by atoms with Crippen LogP contribution in [0.2, 0.25) is 0 Å². The van der Waals surface area contributed by atoms with E-state index in [4.69, 9.17) is 9.52 Å². The van der Waals surface area contributed by atoms with Crippen LogP contribution in [-0.2, 0) is 17.6 Å². The molecule has 0 saturated carbocycles. The number of carbonyl (C=O) groups is 2. The molecule has 0 radical (unpaired) electrons. The first-order valence-corrected chi connectivity index (χ1v) is 9.01. The van der Waals surface area contributed by atoms with E-state index in [2.05, 4.69) is 10.6 Å². The van der Waals surface area contributed by atoms with Crippen LogP contribution < -0.4 is 10.6 Å². The van der Waals surface area contributed by atoms with Crippen LogP contribution in [0.1, 0.15) is 48.6 Å². The third-order valence-corrected chi connectivity index (χ3v) is 4.72. The third kappa shape index (κ3) is 4.88. The Morgan fingerprint density at radius 1 is 1.23 bits per heavy atom. The number of aliphatic carboxylic acids is 1. The number of furan rings is 1. The molecule has 0 bridgehead atoms. The van der Waals surface area contributed by atoms with Gasteiger partial charge in [0.05, 0.1) is 12.3 Å². The second-order valence-corrected chi connectivity index (χ2v) is 6.68. The summed E-state index contributed by atoms with van der Waals surface area (Å²) in [6, 6.07) is 11.1. The zero-order chi connectivity index (χ0) is 18.4. The summed E-state index contributed by atoms with van der Waals surface area (Å²) >= 11 is 0. The Bertz CT molecular complexity index is 741. The lowest BCUT2D eigenvalue weighted by atomic mass is 9.93. The minimum absolute atomic E-state index is 0.0209. The molecule has 0 spiro atoms. The molecule has 1 aromatic heterocycles. The van der Waals surface area contributed by atoms with Gasteiger partial charge in [0.15, 0.2) is 0 Å². The maximum Gasteiger partial charge on any atom is 0.315 e. The van der Waals surface area contributed by atoms with E-state index in [1.165, 1.54) is 0 Å².